The number of aromatic nitrogens is 3. The van der Waals surface area contributed by atoms with E-state index in [0.717, 1.165) is 48.3 Å². The molecule has 0 unspecified atom stereocenters. The number of ether oxygens (including phenoxy) is 1. The zero-order chi connectivity index (χ0) is 21.8. The molecule has 5 heteroatoms. The molecule has 0 bridgehead atoms. The van der Waals surface area contributed by atoms with Gasteiger partial charge in [-0.15, -0.1) is 0 Å². The lowest BCUT2D eigenvalue weighted by Crippen LogP contribution is -2.14. The van der Waals surface area contributed by atoms with Crippen molar-refractivity contribution >= 4 is 11.4 Å². The summed E-state index contributed by atoms with van der Waals surface area (Å²) in [5.74, 6) is 2.05. The van der Waals surface area contributed by atoms with Crippen molar-refractivity contribution in [2.24, 2.45) is 5.92 Å². The molecule has 0 atom stereocenters. The van der Waals surface area contributed by atoms with Gasteiger partial charge in [-0.1, -0.05) is 23.8 Å². The second-order valence-electron chi connectivity index (χ2n) is 8.51. The Bertz CT molecular complexity index is 1090. The standard InChI is InChI=1S/C26H29N3O2/c1-17-7-12-26(27-15-17)31-23-6-4-5-22(14-23)18(2)21-10-8-20(9-11-21)13-25(30)24-16-28-29-19(24)3/h4-7,12,14-16,20H,8-11,13H2,1-3H3,(H,28,29). The van der Waals surface area contributed by atoms with Gasteiger partial charge in [-0.3, -0.25) is 9.89 Å². The minimum Gasteiger partial charge on any atom is -0.439 e. The molecular weight excluding hydrogens is 386 g/mol. The van der Waals surface area contributed by atoms with Crippen molar-refractivity contribution in [3.05, 3.63) is 76.7 Å². The van der Waals surface area contributed by atoms with E-state index in [4.69, 9.17) is 4.74 Å². The second kappa shape index (κ2) is 9.29. The molecule has 1 aliphatic rings. The number of aryl methyl sites for hydroxylation is 2. The Hall–Kier alpha value is -3.21. The van der Waals surface area contributed by atoms with Crippen molar-refractivity contribution in [2.75, 3.05) is 0 Å². The fraction of sp³-hybridized carbons (Fsp3) is 0.346. The van der Waals surface area contributed by atoms with E-state index in [1.54, 1.807) is 6.20 Å². The number of nitrogens with one attached hydrogen (secondary N) is 1. The van der Waals surface area contributed by atoms with Crippen LogP contribution >= 0.6 is 0 Å². The first-order valence-corrected chi connectivity index (χ1v) is 10.9. The van der Waals surface area contributed by atoms with E-state index in [9.17, 15) is 4.79 Å². The van der Waals surface area contributed by atoms with E-state index in [2.05, 4.69) is 34.2 Å². The third-order valence-electron chi connectivity index (χ3n) is 6.22. The number of carbonyl (C=O) groups is 1. The average molecular weight is 416 g/mol. The molecule has 1 aliphatic carbocycles. The van der Waals surface area contributed by atoms with Gasteiger partial charge < -0.3 is 4.74 Å². The van der Waals surface area contributed by atoms with Crippen LogP contribution in [-0.4, -0.2) is 21.0 Å². The van der Waals surface area contributed by atoms with Crippen molar-refractivity contribution in [2.45, 2.75) is 52.9 Å². The maximum atomic E-state index is 12.5. The zero-order valence-electron chi connectivity index (χ0n) is 18.4. The van der Waals surface area contributed by atoms with E-state index in [-0.39, 0.29) is 5.78 Å². The van der Waals surface area contributed by atoms with Crippen LogP contribution in [0, 0.1) is 19.8 Å². The summed E-state index contributed by atoms with van der Waals surface area (Å²) in [6.07, 6.45) is 8.26. The fourth-order valence-corrected chi connectivity index (χ4v) is 4.24. The smallest absolute Gasteiger partial charge is 0.219 e. The van der Waals surface area contributed by atoms with Crippen LogP contribution < -0.4 is 4.74 Å². The van der Waals surface area contributed by atoms with Gasteiger partial charge in [0.2, 0.25) is 5.88 Å². The number of hydrogen-bond acceptors (Lipinski definition) is 4. The highest BCUT2D eigenvalue weighted by Gasteiger charge is 2.22. The highest BCUT2D eigenvalue weighted by molar-refractivity contribution is 5.96. The molecule has 0 spiro atoms. The number of pyridine rings is 1. The molecule has 1 N–H and O–H groups in total. The Morgan fingerprint density at radius 1 is 1.13 bits per heavy atom. The summed E-state index contributed by atoms with van der Waals surface area (Å²) in [4.78, 5) is 16.9. The van der Waals surface area contributed by atoms with Gasteiger partial charge in [0.15, 0.2) is 5.78 Å². The number of rotatable bonds is 6. The molecule has 4 rings (SSSR count). The van der Waals surface area contributed by atoms with Gasteiger partial charge in [0, 0.05) is 24.4 Å². The van der Waals surface area contributed by atoms with Crippen LogP contribution in [0.5, 0.6) is 11.6 Å². The minimum atomic E-state index is 0.204. The zero-order valence-corrected chi connectivity index (χ0v) is 18.4. The molecule has 1 saturated carbocycles. The van der Waals surface area contributed by atoms with Crippen LogP contribution in [0.4, 0.5) is 0 Å². The molecule has 3 aromatic rings. The molecule has 2 aromatic heterocycles. The van der Waals surface area contributed by atoms with E-state index >= 15 is 0 Å². The Morgan fingerprint density at radius 3 is 2.61 bits per heavy atom. The highest BCUT2D eigenvalue weighted by atomic mass is 16.5. The van der Waals surface area contributed by atoms with Crippen LogP contribution in [0.15, 0.2) is 54.4 Å². The number of carbonyl (C=O) groups excluding carboxylic acids is 1. The molecule has 0 saturated heterocycles. The maximum absolute atomic E-state index is 12.5. The van der Waals surface area contributed by atoms with Gasteiger partial charge >= 0.3 is 0 Å². The Balaban J connectivity index is 1.39. The van der Waals surface area contributed by atoms with E-state index in [1.807, 2.05) is 44.3 Å². The Morgan fingerprint density at radius 2 is 1.94 bits per heavy atom. The normalized spacial score (nSPS) is 16.2. The summed E-state index contributed by atoms with van der Waals surface area (Å²) in [6.45, 7) is 6.10. The number of benzene rings is 1. The number of aromatic amines is 1. The molecule has 2 heterocycles. The molecule has 160 valence electrons. The first-order chi connectivity index (χ1) is 15.0. The van der Waals surface area contributed by atoms with Gasteiger partial charge in [-0.05, 0) is 81.2 Å². The summed E-state index contributed by atoms with van der Waals surface area (Å²) in [7, 11) is 0. The van der Waals surface area contributed by atoms with Crippen LogP contribution in [-0.2, 0) is 0 Å². The quantitative estimate of drug-likeness (QED) is 0.470. The number of Topliss-reactive ketones (excluding diaryl/α,β-unsaturated/α-hetero) is 1. The number of allylic oxidation sites excluding steroid dienone is 2. The summed E-state index contributed by atoms with van der Waals surface area (Å²) in [6, 6.07) is 12.1. The van der Waals surface area contributed by atoms with Crippen LogP contribution in [0.3, 0.4) is 0 Å². The van der Waals surface area contributed by atoms with Crippen molar-refractivity contribution < 1.29 is 9.53 Å². The molecule has 0 aliphatic heterocycles. The number of hydrogen-bond donors (Lipinski definition) is 1. The topological polar surface area (TPSA) is 67.9 Å². The van der Waals surface area contributed by atoms with E-state index < -0.39 is 0 Å². The predicted octanol–water partition coefficient (Wildman–Crippen LogP) is 6.45. The minimum absolute atomic E-state index is 0.204. The summed E-state index contributed by atoms with van der Waals surface area (Å²) in [5, 5.41) is 6.83. The molecule has 1 fully saturated rings. The van der Waals surface area contributed by atoms with Gasteiger partial charge in [0.1, 0.15) is 5.75 Å². The van der Waals surface area contributed by atoms with Crippen LogP contribution in [0.25, 0.3) is 5.57 Å². The predicted molar refractivity (Wildman–Crippen MR) is 122 cm³/mol. The monoisotopic (exact) mass is 415 g/mol. The summed E-state index contributed by atoms with van der Waals surface area (Å²) in [5.41, 5.74) is 6.69. The SMILES string of the molecule is CC(=C1CCC(CC(=O)c2cn[nH]c2C)CC1)c1cccc(Oc2ccc(C)cn2)c1. The van der Waals surface area contributed by atoms with Crippen molar-refractivity contribution in [1.29, 1.82) is 0 Å². The number of H-pyrrole nitrogens is 1. The summed E-state index contributed by atoms with van der Waals surface area (Å²) < 4.78 is 5.94. The summed E-state index contributed by atoms with van der Waals surface area (Å²) >= 11 is 0. The highest BCUT2D eigenvalue weighted by Crippen LogP contribution is 2.36. The molecule has 31 heavy (non-hydrogen) atoms. The fourth-order valence-electron chi connectivity index (χ4n) is 4.24. The van der Waals surface area contributed by atoms with Crippen molar-refractivity contribution in [3.63, 3.8) is 0 Å². The van der Waals surface area contributed by atoms with Crippen molar-refractivity contribution in [1.82, 2.24) is 15.2 Å². The Labute approximate surface area is 183 Å². The lowest BCUT2D eigenvalue weighted by molar-refractivity contribution is 0.0953. The number of nitrogens with zero attached hydrogens (tertiary/aromatic N) is 2. The molecule has 0 radical (unpaired) electrons. The molecule has 1 aromatic carbocycles. The third kappa shape index (κ3) is 5.10. The first-order valence-electron chi connectivity index (χ1n) is 10.9. The van der Waals surface area contributed by atoms with Crippen molar-refractivity contribution in [3.8, 4) is 11.6 Å². The number of ketones is 1. The van der Waals surface area contributed by atoms with Crippen LogP contribution in [0.1, 0.15) is 66.2 Å². The largest absolute Gasteiger partial charge is 0.439 e. The van der Waals surface area contributed by atoms with E-state index in [1.165, 1.54) is 16.7 Å². The molecular formula is C26H29N3O2. The van der Waals surface area contributed by atoms with Gasteiger partial charge in [0.05, 0.1) is 11.8 Å². The van der Waals surface area contributed by atoms with Gasteiger partial charge in [-0.2, -0.15) is 5.10 Å². The molecule has 0 amide bonds. The second-order valence-corrected chi connectivity index (χ2v) is 8.51. The van der Waals surface area contributed by atoms with Crippen LogP contribution in [0.2, 0.25) is 0 Å². The molecule has 5 nitrogen and oxygen atoms in total. The van der Waals surface area contributed by atoms with E-state index in [0.29, 0.717) is 18.2 Å². The van der Waals surface area contributed by atoms with Gasteiger partial charge in [-0.25, -0.2) is 4.98 Å². The maximum Gasteiger partial charge on any atom is 0.219 e. The lowest BCUT2D eigenvalue weighted by Gasteiger charge is -2.25. The average Bonchev–Trinajstić information content (AvgIpc) is 3.22. The van der Waals surface area contributed by atoms with Gasteiger partial charge in [0.25, 0.3) is 0 Å². The Kier molecular flexibility index (Phi) is 6.31. The third-order valence-corrected chi connectivity index (χ3v) is 6.22. The lowest BCUT2D eigenvalue weighted by atomic mass is 9.80. The first kappa shape index (κ1) is 21.0.